The Morgan fingerprint density at radius 1 is 0.951 bits per heavy atom. The summed E-state index contributed by atoms with van der Waals surface area (Å²) in [5.41, 5.74) is 2.41. The van der Waals surface area contributed by atoms with Crippen molar-refractivity contribution in [2.45, 2.75) is 136 Å². The van der Waals surface area contributed by atoms with Crippen molar-refractivity contribution in [1.29, 1.82) is 0 Å². The Hall–Kier alpha value is -0.760. The van der Waals surface area contributed by atoms with Gasteiger partial charge in [-0.2, -0.15) is 0 Å². The molecule has 0 bridgehead atoms. The topological polar surface area (TPSA) is 99.4 Å². The Morgan fingerprint density at radius 2 is 1.66 bits per heavy atom. The van der Waals surface area contributed by atoms with Gasteiger partial charge in [-0.25, -0.2) is 0 Å². The standard InChI is InChI=1S/C35H58O6/c1-7-22(20(2)3)9-8-21(4)26-12-13-27-25-11-10-23-18-24(14-16-34(23,5)28(25)15-17-35(26,27)6)40-33-32(39)31(38)30(37)29(19-36)41-33/h8-9,11,20-24,26-33,36-39H,7,10,12-19H2,1-6H3/b9-8+/t21-,22-,23+,24+,26+,27-,28-,29-,30+,31-,32+,33-,34+,35-/m1/s1. The number of ether oxygens (including phenoxy) is 2. The Balaban J connectivity index is 1.26. The van der Waals surface area contributed by atoms with Gasteiger partial charge in [0.1, 0.15) is 24.4 Å². The molecule has 0 aromatic heterocycles. The highest BCUT2D eigenvalue weighted by Crippen LogP contribution is 2.67. The summed E-state index contributed by atoms with van der Waals surface area (Å²) in [5.74, 6) is 4.61. The Labute approximate surface area is 248 Å². The van der Waals surface area contributed by atoms with Crippen LogP contribution in [0.15, 0.2) is 23.8 Å². The maximum Gasteiger partial charge on any atom is 0.186 e. The Kier molecular flexibility index (Phi) is 9.51. The fourth-order valence-corrected chi connectivity index (χ4v) is 10.2. The number of aliphatic hydroxyl groups is 4. The highest BCUT2D eigenvalue weighted by atomic mass is 16.7. The van der Waals surface area contributed by atoms with Crippen LogP contribution in [-0.2, 0) is 9.47 Å². The molecule has 1 saturated heterocycles. The lowest BCUT2D eigenvalue weighted by atomic mass is 9.47. The molecule has 4 aliphatic carbocycles. The van der Waals surface area contributed by atoms with Crippen molar-refractivity contribution in [2.24, 2.45) is 52.3 Å². The van der Waals surface area contributed by atoms with Crippen molar-refractivity contribution in [3.63, 3.8) is 0 Å². The highest BCUT2D eigenvalue weighted by molar-refractivity contribution is 5.28. The van der Waals surface area contributed by atoms with Gasteiger partial charge in [0.2, 0.25) is 0 Å². The van der Waals surface area contributed by atoms with Gasteiger partial charge in [0.15, 0.2) is 6.29 Å². The third-order valence-corrected chi connectivity index (χ3v) is 12.9. The molecule has 6 nitrogen and oxygen atoms in total. The van der Waals surface area contributed by atoms with Crippen molar-refractivity contribution in [3.8, 4) is 0 Å². The number of rotatable bonds is 8. The molecule has 5 rings (SSSR count). The van der Waals surface area contributed by atoms with Crippen molar-refractivity contribution >= 4 is 0 Å². The van der Waals surface area contributed by atoms with Crippen LogP contribution in [0.2, 0.25) is 0 Å². The zero-order valence-corrected chi connectivity index (χ0v) is 26.4. The minimum absolute atomic E-state index is 0.0698. The molecule has 5 aliphatic rings. The van der Waals surface area contributed by atoms with E-state index in [0.717, 1.165) is 31.6 Å². The summed E-state index contributed by atoms with van der Waals surface area (Å²) in [5, 5.41) is 40.4. The van der Waals surface area contributed by atoms with Gasteiger partial charge in [0.05, 0.1) is 12.7 Å². The number of hydrogen-bond acceptors (Lipinski definition) is 6. The average molecular weight is 575 g/mol. The predicted molar refractivity (Wildman–Crippen MR) is 161 cm³/mol. The van der Waals surface area contributed by atoms with E-state index in [-0.39, 0.29) is 11.5 Å². The van der Waals surface area contributed by atoms with Gasteiger partial charge >= 0.3 is 0 Å². The van der Waals surface area contributed by atoms with E-state index >= 15 is 0 Å². The molecule has 3 saturated carbocycles. The lowest BCUT2D eigenvalue weighted by Gasteiger charge is -2.58. The van der Waals surface area contributed by atoms with Gasteiger partial charge in [0.25, 0.3) is 0 Å². The summed E-state index contributed by atoms with van der Waals surface area (Å²) in [4.78, 5) is 0. The van der Waals surface area contributed by atoms with E-state index in [1.54, 1.807) is 5.57 Å². The molecule has 234 valence electrons. The fraction of sp³-hybridized carbons (Fsp3) is 0.886. The van der Waals surface area contributed by atoms with E-state index in [1.165, 1.54) is 32.1 Å². The van der Waals surface area contributed by atoms with Crippen LogP contribution in [0, 0.1) is 52.3 Å². The first-order valence-electron chi connectivity index (χ1n) is 16.8. The van der Waals surface area contributed by atoms with E-state index in [1.807, 2.05) is 0 Å². The highest BCUT2D eigenvalue weighted by Gasteiger charge is 2.58. The first kappa shape index (κ1) is 31.7. The first-order chi connectivity index (χ1) is 19.4. The van der Waals surface area contributed by atoms with E-state index < -0.39 is 37.3 Å². The minimum atomic E-state index is -1.40. The zero-order valence-electron chi connectivity index (χ0n) is 26.4. The van der Waals surface area contributed by atoms with Crippen LogP contribution >= 0.6 is 0 Å². The minimum Gasteiger partial charge on any atom is -0.394 e. The lowest BCUT2D eigenvalue weighted by molar-refractivity contribution is -0.315. The molecular formula is C35H58O6. The number of aliphatic hydroxyl groups excluding tert-OH is 4. The summed E-state index contributed by atoms with van der Waals surface area (Å²) in [6, 6.07) is 0. The Morgan fingerprint density at radius 3 is 2.34 bits per heavy atom. The lowest BCUT2D eigenvalue weighted by Crippen LogP contribution is -2.60. The van der Waals surface area contributed by atoms with Crippen LogP contribution in [0.5, 0.6) is 0 Å². The number of hydrogen-bond donors (Lipinski definition) is 4. The Bertz CT molecular complexity index is 960. The van der Waals surface area contributed by atoms with Crippen LogP contribution in [0.1, 0.15) is 99.3 Å². The quantitative estimate of drug-likeness (QED) is 0.281. The third kappa shape index (κ3) is 5.64. The number of fused-ring (bicyclic) bond motifs is 5. The predicted octanol–water partition coefficient (Wildman–Crippen LogP) is 5.63. The molecule has 0 aromatic rings. The molecule has 0 spiro atoms. The summed E-state index contributed by atoms with van der Waals surface area (Å²) >= 11 is 0. The molecule has 0 aromatic carbocycles. The molecule has 0 unspecified atom stereocenters. The second kappa shape index (κ2) is 12.3. The summed E-state index contributed by atoms with van der Waals surface area (Å²) in [6.07, 6.45) is 12.0. The van der Waals surface area contributed by atoms with Crippen molar-refractivity contribution in [1.82, 2.24) is 0 Å². The monoisotopic (exact) mass is 574 g/mol. The summed E-state index contributed by atoms with van der Waals surface area (Å²) in [7, 11) is 0. The SMILES string of the molecule is CC[C@H](/C=C/[C@@H](C)[C@@H]1CC[C@@H]2C3=CC[C@H]4C[C@@H](O[C@@H]5O[C@H](CO)[C@H](O)[C@@H](O)[C@@H]5O)CC[C@]4(C)[C@@H]3CC[C@@]21C)C(C)C. The van der Waals surface area contributed by atoms with E-state index in [4.69, 9.17) is 9.47 Å². The van der Waals surface area contributed by atoms with Gasteiger partial charge in [-0.3, -0.25) is 0 Å². The molecule has 1 heterocycles. The maximum atomic E-state index is 10.5. The molecular weight excluding hydrogens is 516 g/mol. The molecule has 4 N–H and O–H groups in total. The van der Waals surface area contributed by atoms with Crippen LogP contribution in [0.25, 0.3) is 0 Å². The van der Waals surface area contributed by atoms with Gasteiger partial charge in [-0.05, 0) is 110 Å². The van der Waals surface area contributed by atoms with Crippen molar-refractivity contribution in [3.05, 3.63) is 23.8 Å². The molecule has 0 amide bonds. The molecule has 1 aliphatic heterocycles. The first-order valence-corrected chi connectivity index (χ1v) is 16.8. The second-order valence-electron chi connectivity index (χ2n) is 15.3. The number of allylic oxidation sites excluding steroid dienone is 4. The maximum absolute atomic E-state index is 10.5. The average Bonchev–Trinajstić information content (AvgIpc) is 3.30. The summed E-state index contributed by atoms with van der Waals surface area (Å²) < 4.78 is 11.9. The molecule has 6 heteroatoms. The van der Waals surface area contributed by atoms with E-state index in [0.29, 0.717) is 40.9 Å². The van der Waals surface area contributed by atoms with Crippen LogP contribution < -0.4 is 0 Å². The van der Waals surface area contributed by atoms with Gasteiger partial charge in [-0.15, -0.1) is 0 Å². The van der Waals surface area contributed by atoms with Crippen LogP contribution in [-0.4, -0.2) is 63.8 Å². The summed E-state index contributed by atoms with van der Waals surface area (Å²) in [6.45, 7) is 14.2. The van der Waals surface area contributed by atoms with E-state index in [9.17, 15) is 20.4 Å². The zero-order chi connectivity index (χ0) is 29.7. The fourth-order valence-electron chi connectivity index (χ4n) is 10.2. The van der Waals surface area contributed by atoms with Gasteiger partial charge in [0, 0.05) is 0 Å². The van der Waals surface area contributed by atoms with E-state index in [2.05, 4.69) is 59.8 Å². The van der Waals surface area contributed by atoms with Gasteiger partial charge in [-0.1, -0.05) is 65.3 Å². The molecule has 4 fully saturated rings. The molecule has 0 radical (unpaired) electrons. The smallest absolute Gasteiger partial charge is 0.186 e. The van der Waals surface area contributed by atoms with Gasteiger partial charge < -0.3 is 29.9 Å². The third-order valence-electron chi connectivity index (χ3n) is 12.9. The van der Waals surface area contributed by atoms with Crippen molar-refractivity contribution < 1.29 is 29.9 Å². The van der Waals surface area contributed by atoms with Crippen LogP contribution in [0.3, 0.4) is 0 Å². The van der Waals surface area contributed by atoms with Crippen LogP contribution in [0.4, 0.5) is 0 Å². The second-order valence-corrected chi connectivity index (χ2v) is 15.3. The molecule has 41 heavy (non-hydrogen) atoms. The van der Waals surface area contributed by atoms with Crippen molar-refractivity contribution in [2.75, 3.05) is 6.61 Å². The molecule has 14 atom stereocenters. The normalized spacial score (nSPS) is 47.9. The largest absolute Gasteiger partial charge is 0.394 e.